The van der Waals surface area contributed by atoms with E-state index in [9.17, 15) is 8.42 Å². The number of hydrogen-bond donors (Lipinski definition) is 0. The summed E-state index contributed by atoms with van der Waals surface area (Å²) >= 11 is 4.86. The van der Waals surface area contributed by atoms with E-state index in [0.29, 0.717) is 11.4 Å². The largest absolute Gasteiger partial charge is 0.244 e. The van der Waals surface area contributed by atoms with Crippen LogP contribution in [-0.2, 0) is 10.0 Å². The molecule has 108 valence electrons. The quantitative estimate of drug-likeness (QED) is 0.802. The predicted molar refractivity (Wildman–Crippen MR) is 83.2 cm³/mol. The topological polar surface area (TPSA) is 37.4 Å². The number of sulfonamides is 1. The fourth-order valence-electron chi connectivity index (χ4n) is 2.81. The van der Waals surface area contributed by atoms with Crippen LogP contribution in [0.4, 0.5) is 0 Å². The van der Waals surface area contributed by atoms with E-state index in [1.807, 2.05) is 13.8 Å². The molecule has 0 aromatic carbocycles. The molecule has 0 radical (unpaired) electrons. The van der Waals surface area contributed by atoms with Crippen molar-refractivity contribution >= 4 is 37.3 Å². The fourth-order valence-corrected chi connectivity index (χ4v) is 6.89. The van der Waals surface area contributed by atoms with Gasteiger partial charge in [0.25, 0.3) is 0 Å². The molecule has 0 unspecified atom stereocenters. The maximum absolute atomic E-state index is 12.8. The summed E-state index contributed by atoms with van der Waals surface area (Å²) in [7, 11) is -3.35. The van der Waals surface area contributed by atoms with E-state index in [4.69, 9.17) is 0 Å². The summed E-state index contributed by atoms with van der Waals surface area (Å²) in [4.78, 5) is 1.33. The van der Waals surface area contributed by atoms with Crippen molar-refractivity contribution in [3.8, 4) is 0 Å². The lowest BCUT2D eigenvalue weighted by Gasteiger charge is -2.32. The van der Waals surface area contributed by atoms with Gasteiger partial charge in [-0.2, -0.15) is 4.31 Å². The van der Waals surface area contributed by atoms with Gasteiger partial charge in [-0.05, 0) is 41.8 Å². The van der Waals surface area contributed by atoms with Crippen molar-refractivity contribution in [2.75, 3.05) is 6.54 Å². The Morgan fingerprint density at radius 1 is 1.37 bits per heavy atom. The molecular weight excluding hydrogens is 346 g/mol. The van der Waals surface area contributed by atoms with E-state index in [2.05, 4.69) is 15.9 Å². The molecule has 0 aliphatic heterocycles. The zero-order valence-corrected chi connectivity index (χ0v) is 14.6. The molecule has 0 amide bonds. The summed E-state index contributed by atoms with van der Waals surface area (Å²) in [5, 5.41) is 0. The van der Waals surface area contributed by atoms with Crippen LogP contribution in [0.1, 0.15) is 43.9 Å². The van der Waals surface area contributed by atoms with E-state index in [1.54, 1.807) is 10.4 Å². The van der Waals surface area contributed by atoms with E-state index in [1.165, 1.54) is 17.8 Å². The van der Waals surface area contributed by atoms with Crippen LogP contribution in [0, 0.1) is 6.92 Å². The van der Waals surface area contributed by atoms with E-state index in [0.717, 1.165) is 34.3 Å². The Hall–Kier alpha value is 0.0900. The summed E-state index contributed by atoms with van der Waals surface area (Å²) in [6.45, 7) is 4.36. The van der Waals surface area contributed by atoms with Crippen LogP contribution in [0.3, 0.4) is 0 Å². The smallest absolute Gasteiger partial charge is 0.207 e. The summed E-state index contributed by atoms with van der Waals surface area (Å²) in [5.41, 5.74) is 0. The third kappa shape index (κ3) is 3.23. The molecule has 1 heterocycles. The highest BCUT2D eigenvalue weighted by molar-refractivity contribution is 9.11. The van der Waals surface area contributed by atoms with Gasteiger partial charge in [0, 0.05) is 17.5 Å². The van der Waals surface area contributed by atoms with Crippen molar-refractivity contribution in [3.63, 3.8) is 0 Å². The standard InChI is InChI=1S/C13H20BrNO2S2/c1-3-15(11-7-5-4-6-8-11)19(16,17)12-9-13(14)18-10(12)2/h9,11H,3-8H2,1-2H3. The lowest BCUT2D eigenvalue weighted by Crippen LogP contribution is -2.41. The van der Waals surface area contributed by atoms with Gasteiger partial charge in [0.15, 0.2) is 0 Å². The highest BCUT2D eigenvalue weighted by atomic mass is 79.9. The first-order chi connectivity index (χ1) is 8.96. The molecule has 1 aromatic heterocycles. The fraction of sp³-hybridized carbons (Fsp3) is 0.692. The van der Waals surface area contributed by atoms with Gasteiger partial charge < -0.3 is 0 Å². The molecule has 0 N–H and O–H groups in total. The van der Waals surface area contributed by atoms with Crippen LogP contribution in [0.15, 0.2) is 14.7 Å². The summed E-state index contributed by atoms with van der Waals surface area (Å²) in [6.07, 6.45) is 5.51. The van der Waals surface area contributed by atoms with Gasteiger partial charge in [-0.25, -0.2) is 8.42 Å². The lowest BCUT2D eigenvalue weighted by molar-refractivity contribution is 0.261. The molecule has 0 saturated heterocycles. The first-order valence-electron chi connectivity index (χ1n) is 6.74. The minimum atomic E-state index is -3.35. The van der Waals surface area contributed by atoms with E-state index in [-0.39, 0.29) is 6.04 Å². The van der Waals surface area contributed by atoms with Gasteiger partial charge in [-0.3, -0.25) is 0 Å². The molecule has 19 heavy (non-hydrogen) atoms. The zero-order chi connectivity index (χ0) is 14.0. The minimum Gasteiger partial charge on any atom is -0.207 e. The van der Waals surface area contributed by atoms with Gasteiger partial charge in [0.2, 0.25) is 10.0 Å². The zero-order valence-electron chi connectivity index (χ0n) is 11.4. The Kier molecular flexibility index (Phi) is 5.09. The molecule has 1 aliphatic rings. The average Bonchev–Trinajstić information content (AvgIpc) is 2.71. The van der Waals surface area contributed by atoms with Crippen LogP contribution in [0.5, 0.6) is 0 Å². The first kappa shape index (κ1) is 15.5. The molecule has 3 nitrogen and oxygen atoms in total. The van der Waals surface area contributed by atoms with Gasteiger partial charge in [0.05, 0.1) is 8.68 Å². The molecule has 0 atom stereocenters. The van der Waals surface area contributed by atoms with Crippen molar-refractivity contribution in [3.05, 3.63) is 14.7 Å². The molecule has 1 aromatic rings. The molecule has 0 bridgehead atoms. The summed E-state index contributed by atoms with van der Waals surface area (Å²) < 4.78 is 28.2. The van der Waals surface area contributed by atoms with E-state index < -0.39 is 10.0 Å². The SMILES string of the molecule is CCN(C1CCCCC1)S(=O)(=O)c1cc(Br)sc1C. The van der Waals surface area contributed by atoms with Crippen LogP contribution in [0.25, 0.3) is 0 Å². The van der Waals surface area contributed by atoms with Gasteiger partial charge in [-0.1, -0.05) is 26.2 Å². The Morgan fingerprint density at radius 2 is 2.00 bits per heavy atom. The highest BCUT2D eigenvalue weighted by Gasteiger charge is 2.32. The highest BCUT2D eigenvalue weighted by Crippen LogP contribution is 2.34. The summed E-state index contributed by atoms with van der Waals surface area (Å²) in [5.74, 6) is 0. The Bertz CT molecular complexity index is 533. The van der Waals surface area contributed by atoms with Gasteiger partial charge >= 0.3 is 0 Å². The molecule has 1 fully saturated rings. The summed E-state index contributed by atoms with van der Waals surface area (Å²) in [6, 6.07) is 1.92. The second-order valence-corrected chi connectivity index (χ2v) is 9.47. The molecule has 6 heteroatoms. The predicted octanol–water partition coefficient (Wildman–Crippen LogP) is 4.16. The number of rotatable bonds is 4. The normalized spacial score (nSPS) is 18.1. The number of aryl methyl sites for hydroxylation is 1. The first-order valence-corrected chi connectivity index (χ1v) is 9.79. The number of thiophene rings is 1. The molecular formula is C13H20BrNO2S2. The maximum atomic E-state index is 12.8. The Labute approximate surface area is 128 Å². The van der Waals surface area contributed by atoms with Crippen LogP contribution < -0.4 is 0 Å². The number of halogens is 1. The van der Waals surface area contributed by atoms with Crippen molar-refractivity contribution in [2.45, 2.75) is 56.9 Å². The molecule has 2 rings (SSSR count). The third-order valence-corrected chi connectivity index (χ3v) is 7.56. The lowest BCUT2D eigenvalue weighted by atomic mass is 9.95. The van der Waals surface area contributed by atoms with Crippen LogP contribution in [-0.4, -0.2) is 25.3 Å². The van der Waals surface area contributed by atoms with Crippen molar-refractivity contribution in [1.82, 2.24) is 4.31 Å². The minimum absolute atomic E-state index is 0.182. The van der Waals surface area contributed by atoms with E-state index >= 15 is 0 Å². The van der Waals surface area contributed by atoms with Crippen LogP contribution in [0.2, 0.25) is 0 Å². The van der Waals surface area contributed by atoms with Crippen molar-refractivity contribution in [1.29, 1.82) is 0 Å². The third-order valence-electron chi connectivity index (χ3n) is 3.72. The molecule has 0 spiro atoms. The second-order valence-electron chi connectivity index (χ2n) is 4.97. The number of nitrogens with zero attached hydrogens (tertiary/aromatic N) is 1. The van der Waals surface area contributed by atoms with Crippen molar-refractivity contribution < 1.29 is 8.42 Å². The van der Waals surface area contributed by atoms with Gasteiger partial charge in [-0.15, -0.1) is 11.3 Å². The average molecular weight is 366 g/mol. The number of hydrogen-bond acceptors (Lipinski definition) is 3. The second kappa shape index (κ2) is 6.24. The van der Waals surface area contributed by atoms with Crippen molar-refractivity contribution in [2.24, 2.45) is 0 Å². The Balaban J connectivity index is 2.32. The maximum Gasteiger partial charge on any atom is 0.244 e. The molecule has 1 aliphatic carbocycles. The van der Waals surface area contributed by atoms with Gasteiger partial charge in [0.1, 0.15) is 0 Å². The molecule has 1 saturated carbocycles. The van der Waals surface area contributed by atoms with Crippen LogP contribution >= 0.6 is 27.3 Å². The monoisotopic (exact) mass is 365 g/mol. The Morgan fingerprint density at radius 3 is 2.47 bits per heavy atom.